The first-order valence-corrected chi connectivity index (χ1v) is 14.4. The summed E-state index contributed by atoms with van der Waals surface area (Å²) in [7, 11) is -3.61. The molecule has 10 heteroatoms. The van der Waals surface area contributed by atoms with Crippen LogP contribution in [-0.2, 0) is 27.1 Å². The smallest absolute Gasteiger partial charge is 0.243 e. The number of hydrogen-bond donors (Lipinski definition) is 0. The summed E-state index contributed by atoms with van der Waals surface area (Å²) in [6.45, 7) is 4.43. The van der Waals surface area contributed by atoms with Gasteiger partial charge < -0.3 is 9.30 Å². The molecule has 3 heterocycles. The number of halogens is 2. The minimum absolute atomic E-state index is 0.0487. The number of benzene rings is 2. The molecule has 0 radical (unpaired) electrons. The van der Waals surface area contributed by atoms with E-state index in [0.717, 1.165) is 43.9 Å². The molecule has 2 aliphatic rings. The number of imidazole rings is 1. The van der Waals surface area contributed by atoms with Gasteiger partial charge in [-0.15, -0.1) is 0 Å². The van der Waals surface area contributed by atoms with E-state index in [2.05, 4.69) is 6.92 Å². The van der Waals surface area contributed by atoms with Crippen LogP contribution >= 0.6 is 11.8 Å². The molecule has 2 atom stereocenters. The van der Waals surface area contributed by atoms with Gasteiger partial charge in [0.25, 0.3) is 0 Å². The molecular formula is C25H29F2N3O3S2. The largest absolute Gasteiger partial charge is 0.376 e. The molecule has 1 aromatic heterocycles. The Morgan fingerprint density at radius 2 is 2.00 bits per heavy atom. The van der Waals surface area contributed by atoms with Gasteiger partial charge in [-0.3, -0.25) is 0 Å². The summed E-state index contributed by atoms with van der Waals surface area (Å²) in [5.74, 6) is -0.595. The zero-order valence-corrected chi connectivity index (χ0v) is 21.3. The Morgan fingerprint density at radius 3 is 2.74 bits per heavy atom. The van der Waals surface area contributed by atoms with Crippen LogP contribution in [0, 0.1) is 17.6 Å². The molecule has 3 aromatic rings. The summed E-state index contributed by atoms with van der Waals surface area (Å²) < 4.78 is 63.6. The summed E-state index contributed by atoms with van der Waals surface area (Å²) in [5, 5.41) is 0.653. The summed E-state index contributed by atoms with van der Waals surface area (Å²) in [6.07, 6.45) is 3.88. The number of fused-ring (bicyclic) bond motifs is 1. The third-order valence-electron chi connectivity index (χ3n) is 6.72. The Kier molecular flexibility index (Phi) is 7.16. The Bertz CT molecular complexity index is 1320. The second kappa shape index (κ2) is 10.2. The second-order valence-corrected chi connectivity index (χ2v) is 12.3. The average Bonchev–Trinajstić information content (AvgIpc) is 3.46. The van der Waals surface area contributed by atoms with Crippen LogP contribution in [0.3, 0.4) is 0 Å². The zero-order chi connectivity index (χ0) is 24.6. The molecule has 2 saturated heterocycles. The lowest BCUT2D eigenvalue weighted by Crippen LogP contribution is -2.39. The number of sulfonamides is 1. The quantitative estimate of drug-likeness (QED) is 0.400. The van der Waals surface area contributed by atoms with E-state index in [1.54, 1.807) is 22.5 Å². The van der Waals surface area contributed by atoms with Crippen molar-refractivity contribution in [2.45, 2.75) is 61.1 Å². The van der Waals surface area contributed by atoms with Crippen LogP contribution in [0.15, 0.2) is 46.5 Å². The van der Waals surface area contributed by atoms with E-state index in [1.807, 2.05) is 4.57 Å². The van der Waals surface area contributed by atoms with Gasteiger partial charge in [0.1, 0.15) is 11.6 Å². The number of thioether (sulfide) groups is 1. The fourth-order valence-electron chi connectivity index (χ4n) is 4.82. The first-order chi connectivity index (χ1) is 16.8. The van der Waals surface area contributed by atoms with Crippen LogP contribution in [0.5, 0.6) is 0 Å². The van der Waals surface area contributed by atoms with Gasteiger partial charge in [0, 0.05) is 31.5 Å². The Morgan fingerprint density at radius 1 is 1.14 bits per heavy atom. The topological polar surface area (TPSA) is 64.4 Å². The van der Waals surface area contributed by atoms with Crippen LogP contribution in [0.1, 0.15) is 38.2 Å². The molecule has 0 saturated carbocycles. The molecule has 188 valence electrons. The molecule has 2 aromatic carbocycles. The summed E-state index contributed by atoms with van der Waals surface area (Å²) in [6, 6.07) is 8.66. The number of nitrogens with zero attached hydrogens (tertiary/aromatic N) is 3. The van der Waals surface area contributed by atoms with Crippen molar-refractivity contribution in [3.8, 4) is 0 Å². The maximum Gasteiger partial charge on any atom is 0.243 e. The first-order valence-electron chi connectivity index (χ1n) is 12.0. The number of rotatable bonds is 7. The van der Waals surface area contributed by atoms with Gasteiger partial charge in [0.15, 0.2) is 5.16 Å². The van der Waals surface area contributed by atoms with Crippen LogP contribution in [0.4, 0.5) is 8.78 Å². The molecule has 0 unspecified atom stereocenters. The molecule has 0 spiro atoms. The SMILES string of the molecule is C[C@H]1CCCN(S(=O)(=O)c2ccc3c(c2)nc(SCc2ccc(F)cc2F)n3C[C@@H]2CCCO2)C1. The molecular weight excluding hydrogens is 492 g/mol. The molecule has 2 fully saturated rings. The standard InChI is InChI=1S/C25H29F2N3O3S2/c1-17-4-2-10-29(14-17)35(31,32)21-8-9-24-23(13-21)28-25(30(24)15-20-5-3-11-33-20)34-16-18-6-7-19(26)12-22(18)27/h6-9,12-13,17,20H,2-5,10-11,14-16H2,1H3/t17-,20-/m0/s1. The number of piperidine rings is 1. The van der Waals surface area contributed by atoms with E-state index in [1.165, 1.54) is 23.9 Å². The van der Waals surface area contributed by atoms with Gasteiger partial charge in [-0.1, -0.05) is 24.8 Å². The molecule has 5 rings (SSSR count). The van der Waals surface area contributed by atoms with Crippen molar-refractivity contribution in [1.29, 1.82) is 0 Å². The van der Waals surface area contributed by atoms with Crippen molar-refractivity contribution in [3.05, 3.63) is 53.6 Å². The number of hydrogen-bond acceptors (Lipinski definition) is 5. The second-order valence-electron chi connectivity index (χ2n) is 9.43. The molecule has 0 bridgehead atoms. The van der Waals surface area contributed by atoms with Gasteiger partial charge in [0.05, 0.1) is 28.6 Å². The normalized spacial score (nSPS) is 21.7. The van der Waals surface area contributed by atoms with Crippen molar-refractivity contribution in [2.24, 2.45) is 5.92 Å². The minimum atomic E-state index is -3.61. The van der Waals surface area contributed by atoms with Crippen LogP contribution in [0.25, 0.3) is 11.0 Å². The number of ether oxygens (including phenoxy) is 1. The van der Waals surface area contributed by atoms with E-state index >= 15 is 0 Å². The number of aromatic nitrogens is 2. The maximum absolute atomic E-state index is 14.2. The van der Waals surface area contributed by atoms with E-state index in [4.69, 9.17) is 9.72 Å². The van der Waals surface area contributed by atoms with Crippen LogP contribution in [0.2, 0.25) is 0 Å². The first kappa shape index (κ1) is 24.7. The Balaban J connectivity index is 1.47. The highest BCUT2D eigenvalue weighted by Crippen LogP contribution is 2.32. The summed E-state index contributed by atoms with van der Waals surface area (Å²) in [5.41, 5.74) is 1.78. The van der Waals surface area contributed by atoms with E-state index in [0.29, 0.717) is 41.8 Å². The molecule has 0 aliphatic carbocycles. The van der Waals surface area contributed by atoms with Crippen LogP contribution in [-0.4, -0.2) is 48.1 Å². The highest BCUT2D eigenvalue weighted by Gasteiger charge is 2.29. The van der Waals surface area contributed by atoms with E-state index < -0.39 is 21.7 Å². The molecule has 0 amide bonds. The lowest BCUT2D eigenvalue weighted by molar-refractivity contribution is 0.0960. The van der Waals surface area contributed by atoms with Gasteiger partial charge in [-0.2, -0.15) is 4.31 Å². The molecule has 35 heavy (non-hydrogen) atoms. The highest BCUT2D eigenvalue weighted by atomic mass is 32.2. The fraction of sp³-hybridized carbons (Fsp3) is 0.480. The monoisotopic (exact) mass is 521 g/mol. The van der Waals surface area contributed by atoms with Crippen molar-refractivity contribution < 1.29 is 21.9 Å². The third kappa shape index (κ3) is 5.26. The molecule has 2 aliphatic heterocycles. The maximum atomic E-state index is 14.2. The lowest BCUT2D eigenvalue weighted by atomic mass is 10.0. The van der Waals surface area contributed by atoms with Crippen molar-refractivity contribution in [1.82, 2.24) is 13.9 Å². The predicted octanol–water partition coefficient (Wildman–Crippen LogP) is 5.21. The van der Waals surface area contributed by atoms with Crippen molar-refractivity contribution in [2.75, 3.05) is 19.7 Å². The zero-order valence-electron chi connectivity index (χ0n) is 19.6. The summed E-state index contributed by atoms with van der Waals surface area (Å²) in [4.78, 5) is 4.98. The van der Waals surface area contributed by atoms with Crippen molar-refractivity contribution in [3.63, 3.8) is 0 Å². The Hall–Kier alpha value is -2.01. The van der Waals surface area contributed by atoms with E-state index in [9.17, 15) is 17.2 Å². The van der Waals surface area contributed by atoms with Crippen molar-refractivity contribution >= 4 is 32.8 Å². The average molecular weight is 522 g/mol. The fourth-order valence-corrected chi connectivity index (χ4v) is 7.45. The van der Waals surface area contributed by atoms with E-state index in [-0.39, 0.29) is 16.8 Å². The van der Waals surface area contributed by atoms with Gasteiger partial charge >= 0.3 is 0 Å². The highest BCUT2D eigenvalue weighted by molar-refractivity contribution is 7.98. The van der Waals surface area contributed by atoms with Gasteiger partial charge in [-0.25, -0.2) is 22.2 Å². The summed E-state index contributed by atoms with van der Waals surface area (Å²) >= 11 is 1.34. The molecule has 6 nitrogen and oxygen atoms in total. The Labute approximate surface area is 208 Å². The predicted molar refractivity (Wildman–Crippen MR) is 132 cm³/mol. The lowest BCUT2D eigenvalue weighted by Gasteiger charge is -2.30. The third-order valence-corrected chi connectivity index (χ3v) is 9.61. The molecule has 0 N–H and O–H groups in total. The minimum Gasteiger partial charge on any atom is -0.376 e. The van der Waals surface area contributed by atoms with Crippen LogP contribution < -0.4 is 0 Å². The van der Waals surface area contributed by atoms with Gasteiger partial charge in [-0.05, 0) is 61.4 Å². The van der Waals surface area contributed by atoms with Gasteiger partial charge in [0.2, 0.25) is 10.0 Å².